The molecule has 1 aromatic heterocycles. The van der Waals surface area contributed by atoms with Crippen molar-refractivity contribution in [1.29, 1.82) is 0 Å². The van der Waals surface area contributed by atoms with Crippen molar-refractivity contribution in [2.75, 3.05) is 19.7 Å². The van der Waals surface area contributed by atoms with Gasteiger partial charge in [0.1, 0.15) is 12.3 Å². The van der Waals surface area contributed by atoms with E-state index in [0.717, 1.165) is 16.3 Å². The average molecular weight is 408 g/mol. The Labute approximate surface area is 164 Å². The summed E-state index contributed by atoms with van der Waals surface area (Å²) < 4.78 is 37.1. The smallest absolute Gasteiger partial charge is 0.321 e. The van der Waals surface area contributed by atoms with Gasteiger partial charge in [0.25, 0.3) is 5.91 Å². The number of benzene rings is 1. The predicted molar refractivity (Wildman–Crippen MR) is 102 cm³/mol. The summed E-state index contributed by atoms with van der Waals surface area (Å²) in [5.41, 5.74) is 0.911. The SMILES string of the molecule is CCCNC(=O)COC(=O)CN(Cc1ccco1)S(=O)(=O)c1ccc(C)cc1. The Balaban J connectivity index is 2.12. The van der Waals surface area contributed by atoms with Crippen LogP contribution in [0.1, 0.15) is 24.7 Å². The number of carbonyl (C=O) groups excluding carboxylic acids is 2. The Kier molecular flexibility index (Phi) is 7.77. The summed E-state index contributed by atoms with van der Waals surface area (Å²) in [5, 5.41) is 2.58. The number of sulfonamides is 1. The minimum absolute atomic E-state index is 0.0538. The molecule has 0 fully saturated rings. The van der Waals surface area contributed by atoms with E-state index in [1.807, 2.05) is 13.8 Å². The second kappa shape index (κ2) is 10.0. The zero-order valence-corrected chi connectivity index (χ0v) is 16.7. The fourth-order valence-electron chi connectivity index (χ4n) is 2.31. The third kappa shape index (κ3) is 6.21. The molecule has 0 spiro atoms. The van der Waals surface area contributed by atoms with Gasteiger partial charge in [-0.25, -0.2) is 8.42 Å². The molecule has 28 heavy (non-hydrogen) atoms. The molecule has 1 amide bonds. The van der Waals surface area contributed by atoms with Crippen molar-refractivity contribution in [2.45, 2.75) is 31.7 Å². The number of hydrogen-bond donors (Lipinski definition) is 1. The molecule has 0 aliphatic rings. The lowest BCUT2D eigenvalue weighted by Crippen LogP contribution is -2.37. The molecule has 1 heterocycles. The molecule has 152 valence electrons. The van der Waals surface area contributed by atoms with Gasteiger partial charge in [-0.1, -0.05) is 24.6 Å². The lowest BCUT2D eigenvalue weighted by molar-refractivity contribution is -0.148. The summed E-state index contributed by atoms with van der Waals surface area (Å²) in [6.07, 6.45) is 2.17. The van der Waals surface area contributed by atoms with Crippen LogP contribution >= 0.6 is 0 Å². The molecule has 1 N–H and O–H groups in total. The van der Waals surface area contributed by atoms with Crippen LogP contribution in [0.25, 0.3) is 0 Å². The molecule has 9 heteroatoms. The molecule has 2 rings (SSSR count). The van der Waals surface area contributed by atoms with E-state index in [-0.39, 0.29) is 11.4 Å². The van der Waals surface area contributed by atoms with Crippen LogP contribution < -0.4 is 5.32 Å². The van der Waals surface area contributed by atoms with Crippen LogP contribution in [-0.2, 0) is 30.9 Å². The maximum absolute atomic E-state index is 13.0. The number of nitrogens with one attached hydrogen (secondary N) is 1. The number of esters is 1. The lowest BCUT2D eigenvalue weighted by atomic mass is 10.2. The zero-order chi connectivity index (χ0) is 20.6. The number of furan rings is 1. The van der Waals surface area contributed by atoms with Crippen LogP contribution in [0.3, 0.4) is 0 Å². The van der Waals surface area contributed by atoms with E-state index in [9.17, 15) is 18.0 Å². The van der Waals surface area contributed by atoms with Crippen LogP contribution in [0.15, 0.2) is 52.0 Å². The van der Waals surface area contributed by atoms with E-state index in [0.29, 0.717) is 12.3 Å². The van der Waals surface area contributed by atoms with Gasteiger partial charge in [0, 0.05) is 6.54 Å². The third-order valence-corrected chi connectivity index (χ3v) is 5.62. The quantitative estimate of drug-likeness (QED) is 0.602. The molecule has 8 nitrogen and oxygen atoms in total. The second-order valence-electron chi connectivity index (χ2n) is 6.18. The highest BCUT2D eigenvalue weighted by Crippen LogP contribution is 2.19. The molecule has 0 aliphatic carbocycles. The summed E-state index contributed by atoms with van der Waals surface area (Å²) in [5.74, 6) is -0.882. The van der Waals surface area contributed by atoms with Gasteiger partial charge < -0.3 is 14.5 Å². The molecule has 0 bridgehead atoms. The van der Waals surface area contributed by atoms with Gasteiger partial charge in [-0.15, -0.1) is 0 Å². The number of aryl methyl sites for hydroxylation is 1. The number of amides is 1. The predicted octanol–water partition coefficient (Wildman–Crippen LogP) is 1.85. The number of rotatable bonds is 10. The molecule has 0 radical (unpaired) electrons. The van der Waals surface area contributed by atoms with Crippen molar-refractivity contribution in [1.82, 2.24) is 9.62 Å². The van der Waals surface area contributed by atoms with E-state index >= 15 is 0 Å². The van der Waals surface area contributed by atoms with Gasteiger partial charge in [0.05, 0.1) is 17.7 Å². The summed E-state index contributed by atoms with van der Waals surface area (Å²) in [4.78, 5) is 23.8. The highest BCUT2D eigenvalue weighted by Gasteiger charge is 2.28. The Bertz CT molecular complexity index is 876. The van der Waals surface area contributed by atoms with Gasteiger partial charge in [0.2, 0.25) is 10.0 Å². The minimum Gasteiger partial charge on any atom is -0.468 e. The Hall–Kier alpha value is -2.65. The Morgan fingerprint density at radius 3 is 2.50 bits per heavy atom. The molecular weight excluding hydrogens is 384 g/mol. The zero-order valence-electron chi connectivity index (χ0n) is 15.9. The molecule has 0 atom stereocenters. The molecule has 0 aliphatic heterocycles. The topological polar surface area (TPSA) is 106 Å². The fourth-order valence-corrected chi connectivity index (χ4v) is 3.66. The maximum Gasteiger partial charge on any atom is 0.321 e. The molecule has 1 aromatic carbocycles. The summed E-state index contributed by atoms with van der Waals surface area (Å²) in [6, 6.07) is 9.54. The highest BCUT2D eigenvalue weighted by molar-refractivity contribution is 7.89. The van der Waals surface area contributed by atoms with E-state index in [1.165, 1.54) is 18.4 Å². The number of hydrogen-bond acceptors (Lipinski definition) is 6. The van der Waals surface area contributed by atoms with Crippen LogP contribution in [0.2, 0.25) is 0 Å². The van der Waals surface area contributed by atoms with Crippen molar-refractivity contribution >= 4 is 21.9 Å². The van der Waals surface area contributed by atoms with Gasteiger partial charge >= 0.3 is 5.97 Å². The van der Waals surface area contributed by atoms with Gasteiger partial charge in [-0.05, 0) is 37.6 Å². The van der Waals surface area contributed by atoms with Gasteiger partial charge in [-0.3, -0.25) is 9.59 Å². The number of carbonyl (C=O) groups is 2. The van der Waals surface area contributed by atoms with Crippen LogP contribution in [0.5, 0.6) is 0 Å². The first-order chi connectivity index (χ1) is 13.3. The Morgan fingerprint density at radius 1 is 1.18 bits per heavy atom. The number of ether oxygens (including phenoxy) is 1. The van der Waals surface area contributed by atoms with Crippen molar-refractivity contribution < 1.29 is 27.2 Å². The number of nitrogens with zero attached hydrogens (tertiary/aromatic N) is 1. The van der Waals surface area contributed by atoms with Gasteiger partial charge in [0.15, 0.2) is 6.61 Å². The summed E-state index contributed by atoms with van der Waals surface area (Å²) >= 11 is 0. The van der Waals surface area contributed by atoms with Crippen molar-refractivity contribution in [3.63, 3.8) is 0 Å². The largest absolute Gasteiger partial charge is 0.468 e. The van der Waals surface area contributed by atoms with Crippen molar-refractivity contribution in [3.8, 4) is 0 Å². The van der Waals surface area contributed by atoms with E-state index in [1.54, 1.807) is 24.3 Å². The van der Waals surface area contributed by atoms with E-state index in [4.69, 9.17) is 9.15 Å². The van der Waals surface area contributed by atoms with E-state index < -0.39 is 35.1 Å². The summed E-state index contributed by atoms with van der Waals surface area (Å²) in [7, 11) is -3.97. The van der Waals surface area contributed by atoms with Crippen molar-refractivity contribution in [2.24, 2.45) is 0 Å². The summed E-state index contributed by atoms with van der Waals surface area (Å²) in [6.45, 7) is 3.08. The molecule has 0 saturated heterocycles. The van der Waals surface area contributed by atoms with Crippen molar-refractivity contribution in [3.05, 3.63) is 54.0 Å². The first-order valence-corrected chi connectivity index (χ1v) is 10.3. The molecule has 0 unspecified atom stereocenters. The lowest BCUT2D eigenvalue weighted by Gasteiger charge is -2.20. The Morgan fingerprint density at radius 2 is 1.89 bits per heavy atom. The standard InChI is InChI=1S/C19H24N2O6S/c1-3-10-20-18(22)14-27-19(23)13-21(12-16-5-4-11-26-16)28(24,25)17-8-6-15(2)7-9-17/h4-9,11H,3,10,12-14H2,1-2H3,(H,20,22). The van der Waals surface area contributed by atoms with Crippen LogP contribution in [0.4, 0.5) is 0 Å². The normalized spacial score (nSPS) is 11.4. The molecule has 0 saturated carbocycles. The first kappa shape index (κ1) is 21.6. The average Bonchev–Trinajstić information content (AvgIpc) is 3.17. The minimum atomic E-state index is -3.97. The first-order valence-electron chi connectivity index (χ1n) is 8.84. The monoisotopic (exact) mass is 408 g/mol. The third-order valence-electron chi connectivity index (χ3n) is 3.81. The second-order valence-corrected chi connectivity index (χ2v) is 8.11. The van der Waals surface area contributed by atoms with E-state index in [2.05, 4.69) is 5.32 Å². The van der Waals surface area contributed by atoms with Crippen LogP contribution in [0, 0.1) is 6.92 Å². The highest BCUT2D eigenvalue weighted by atomic mass is 32.2. The van der Waals surface area contributed by atoms with Gasteiger partial charge in [-0.2, -0.15) is 4.31 Å². The molecule has 2 aromatic rings. The maximum atomic E-state index is 13.0. The fraction of sp³-hybridized carbons (Fsp3) is 0.368. The van der Waals surface area contributed by atoms with Crippen LogP contribution in [-0.4, -0.2) is 44.3 Å². The molecular formula is C19H24N2O6S.